The van der Waals surface area contributed by atoms with Crippen molar-refractivity contribution in [2.45, 2.75) is 59.3 Å². The molecule has 0 amide bonds. The quantitative estimate of drug-likeness (QED) is 0.516. The van der Waals surface area contributed by atoms with E-state index in [1.54, 1.807) is 0 Å². The molecule has 0 heteroatoms. The molecule has 0 bridgehead atoms. The number of hydrogen-bond donors (Lipinski definition) is 0. The van der Waals surface area contributed by atoms with Crippen molar-refractivity contribution in [2.24, 2.45) is 5.92 Å². The van der Waals surface area contributed by atoms with E-state index < -0.39 is 0 Å². The van der Waals surface area contributed by atoms with Crippen LogP contribution in [0.25, 0.3) is 0 Å². The van der Waals surface area contributed by atoms with E-state index in [9.17, 15) is 0 Å². The van der Waals surface area contributed by atoms with Gasteiger partial charge < -0.3 is 0 Å². The van der Waals surface area contributed by atoms with Gasteiger partial charge in [0.05, 0.1) is 0 Å². The van der Waals surface area contributed by atoms with Gasteiger partial charge in [0, 0.05) is 0 Å². The lowest BCUT2D eigenvalue weighted by atomic mass is 9.93. The fourth-order valence-corrected chi connectivity index (χ4v) is 1.52. The molecule has 0 saturated heterocycles. The van der Waals surface area contributed by atoms with Crippen LogP contribution < -0.4 is 0 Å². The molecule has 0 aliphatic carbocycles. The normalized spacial score (nSPS) is 10.9. The van der Waals surface area contributed by atoms with E-state index in [1.807, 2.05) is 0 Å². The molecule has 0 N–H and O–H groups in total. The van der Waals surface area contributed by atoms with Crippen LogP contribution >= 0.6 is 0 Å². The molecule has 11 heavy (non-hydrogen) atoms. The summed E-state index contributed by atoms with van der Waals surface area (Å²) in [5.74, 6) is 0.907. The zero-order valence-corrected chi connectivity index (χ0v) is 8.40. The smallest absolute Gasteiger partial charge is 0.0355 e. The van der Waals surface area contributed by atoms with Crippen LogP contribution in [0.5, 0.6) is 0 Å². The summed E-state index contributed by atoms with van der Waals surface area (Å²) in [6.07, 6.45) is 10.6. The molecule has 0 aliphatic rings. The summed E-state index contributed by atoms with van der Waals surface area (Å²) in [5.41, 5.74) is 0. The van der Waals surface area contributed by atoms with Crippen LogP contribution in [0.2, 0.25) is 0 Å². The first-order chi connectivity index (χ1) is 5.35. The van der Waals surface area contributed by atoms with Crippen LogP contribution in [0, 0.1) is 12.3 Å². The first-order valence-electron chi connectivity index (χ1n) is 5.18. The lowest BCUT2D eigenvalue weighted by Crippen LogP contribution is -2.00. The monoisotopic (exact) mass is 155 g/mol. The Kier molecular flexibility index (Phi) is 8.10. The van der Waals surface area contributed by atoms with Gasteiger partial charge >= 0.3 is 0 Å². The van der Waals surface area contributed by atoms with Crippen LogP contribution in [0.15, 0.2) is 0 Å². The Morgan fingerprint density at radius 3 is 1.82 bits per heavy atom. The number of hydrogen-bond acceptors (Lipinski definition) is 0. The summed E-state index contributed by atoms with van der Waals surface area (Å²) in [7, 11) is 0. The molecular weight excluding hydrogens is 132 g/mol. The molecule has 0 nitrogen and oxygen atoms in total. The van der Waals surface area contributed by atoms with Crippen molar-refractivity contribution in [3.8, 4) is 0 Å². The number of rotatable bonds is 7. The minimum absolute atomic E-state index is 0.907. The second kappa shape index (κ2) is 8.10. The van der Waals surface area contributed by atoms with Crippen molar-refractivity contribution in [2.75, 3.05) is 0 Å². The Balaban J connectivity index is 3.34. The van der Waals surface area contributed by atoms with E-state index in [0.717, 1.165) is 5.92 Å². The van der Waals surface area contributed by atoms with Crippen molar-refractivity contribution in [1.29, 1.82) is 0 Å². The maximum absolute atomic E-state index is 2.52. The van der Waals surface area contributed by atoms with Crippen LogP contribution in [0.4, 0.5) is 0 Å². The lowest BCUT2D eigenvalue weighted by molar-refractivity contribution is 0.481. The molecule has 0 unspecified atom stereocenters. The highest BCUT2D eigenvalue weighted by atomic mass is 14.1. The van der Waals surface area contributed by atoms with Gasteiger partial charge in [0.1, 0.15) is 0 Å². The minimum Gasteiger partial charge on any atom is -0.0654 e. The van der Waals surface area contributed by atoms with Crippen LogP contribution in [0.1, 0.15) is 59.3 Å². The Hall–Kier alpha value is 0. The zero-order valence-electron chi connectivity index (χ0n) is 8.40. The zero-order chi connectivity index (χ0) is 8.53. The van der Waals surface area contributed by atoms with Crippen molar-refractivity contribution in [3.05, 3.63) is 6.42 Å². The summed E-state index contributed by atoms with van der Waals surface area (Å²) < 4.78 is 0. The number of unbranched alkanes of at least 4 members (excludes halogenated alkanes) is 1. The second-order valence-corrected chi connectivity index (χ2v) is 3.36. The van der Waals surface area contributed by atoms with Gasteiger partial charge in [-0.1, -0.05) is 59.3 Å². The summed E-state index contributed by atoms with van der Waals surface area (Å²) in [4.78, 5) is 0. The van der Waals surface area contributed by atoms with Gasteiger partial charge in [0.25, 0.3) is 0 Å². The molecule has 0 aromatic rings. The van der Waals surface area contributed by atoms with Gasteiger partial charge in [-0.15, -0.1) is 0 Å². The van der Waals surface area contributed by atoms with Crippen LogP contribution in [-0.2, 0) is 0 Å². The average Bonchev–Trinajstić information content (AvgIpc) is 2.01. The maximum Gasteiger partial charge on any atom is -0.0355 e. The molecule has 0 aliphatic heterocycles. The topological polar surface area (TPSA) is 0 Å². The SMILES string of the molecule is CCC[CH]C(CCC)CCC. The third-order valence-electron chi connectivity index (χ3n) is 2.11. The Bertz CT molecular complexity index is 60.4. The third kappa shape index (κ3) is 6.40. The Labute approximate surface area is 72.4 Å². The van der Waals surface area contributed by atoms with Gasteiger partial charge in [-0.25, -0.2) is 0 Å². The standard InChI is InChI=1S/C11H23/c1-4-7-10-11(8-5-2)9-6-3/h10-11H,4-9H2,1-3H3. The molecule has 0 fully saturated rings. The molecule has 0 heterocycles. The van der Waals surface area contributed by atoms with E-state index >= 15 is 0 Å². The van der Waals surface area contributed by atoms with Gasteiger partial charge in [-0.3, -0.25) is 0 Å². The summed E-state index contributed by atoms with van der Waals surface area (Å²) in [6.45, 7) is 6.82. The minimum atomic E-state index is 0.907. The van der Waals surface area contributed by atoms with Crippen LogP contribution in [-0.4, -0.2) is 0 Å². The van der Waals surface area contributed by atoms with E-state index in [2.05, 4.69) is 27.2 Å². The largest absolute Gasteiger partial charge is 0.0654 e. The first kappa shape index (κ1) is 11.0. The summed E-state index contributed by atoms with van der Waals surface area (Å²) in [5, 5.41) is 0. The van der Waals surface area contributed by atoms with Gasteiger partial charge in [0.2, 0.25) is 0 Å². The fourth-order valence-electron chi connectivity index (χ4n) is 1.52. The highest BCUT2D eigenvalue weighted by Gasteiger charge is 2.04. The lowest BCUT2D eigenvalue weighted by Gasteiger charge is -2.13. The molecule has 67 valence electrons. The molecule has 0 saturated carbocycles. The second-order valence-electron chi connectivity index (χ2n) is 3.36. The molecule has 0 atom stereocenters. The van der Waals surface area contributed by atoms with Crippen molar-refractivity contribution in [3.63, 3.8) is 0 Å². The molecule has 0 rings (SSSR count). The first-order valence-corrected chi connectivity index (χ1v) is 5.18. The molecule has 0 spiro atoms. The van der Waals surface area contributed by atoms with Crippen LogP contribution in [0.3, 0.4) is 0 Å². The third-order valence-corrected chi connectivity index (χ3v) is 2.11. The van der Waals surface area contributed by atoms with Gasteiger partial charge in [0.15, 0.2) is 0 Å². The van der Waals surface area contributed by atoms with Crippen molar-refractivity contribution in [1.82, 2.24) is 0 Å². The predicted octanol–water partition coefficient (Wildman–Crippen LogP) is 4.21. The highest BCUT2D eigenvalue weighted by molar-refractivity contribution is 4.74. The van der Waals surface area contributed by atoms with E-state index in [-0.39, 0.29) is 0 Å². The molecule has 0 aromatic heterocycles. The summed E-state index contributed by atoms with van der Waals surface area (Å²) >= 11 is 0. The Morgan fingerprint density at radius 2 is 1.45 bits per heavy atom. The van der Waals surface area contributed by atoms with Gasteiger partial charge in [-0.2, -0.15) is 0 Å². The van der Waals surface area contributed by atoms with E-state index in [4.69, 9.17) is 0 Å². The summed E-state index contributed by atoms with van der Waals surface area (Å²) in [6, 6.07) is 0. The highest BCUT2D eigenvalue weighted by Crippen LogP contribution is 2.18. The molecule has 1 radical (unpaired) electrons. The Morgan fingerprint density at radius 1 is 0.909 bits per heavy atom. The maximum atomic E-state index is 2.52. The molecule has 0 aromatic carbocycles. The van der Waals surface area contributed by atoms with Crippen molar-refractivity contribution >= 4 is 0 Å². The van der Waals surface area contributed by atoms with Crippen molar-refractivity contribution < 1.29 is 0 Å². The van der Waals surface area contributed by atoms with E-state index in [0.29, 0.717) is 0 Å². The van der Waals surface area contributed by atoms with Gasteiger partial charge in [-0.05, 0) is 12.3 Å². The average molecular weight is 155 g/mol. The fraction of sp³-hybridized carbons (Fsp3) is 0.909. The predicted molar refractivity (Wildman–Crippen MR) is 52.5 cm³/mol. The molecular formula is C11H23. The van der Waals surface area contributed by atoms with E-state index in [1.165, 1.54) is 38.5 Å².